The van der Waals surface area contributed by atoms with Crippen molar-refractivity contribution < 1.29 is 19.1 Å². The van der Waals surface area contributed by atoms with Crippen LogP contribution in [0.2, 0.25) is 5.02 Å². The second kappa shape index (κ2) is 9.85. The number of halogens is 1. The average molecular weight is 451 g/mol. The molecule has 0 aliphatic heterocycles. The van der Waals surface area contributed by atoms with Crippen molar-refractivity contribution >= 4 is 28.7 Å². The third-order valence-corrected chi connectivity index (χ3v) is 5.30. The Hall–Kier alpha value is -3.35. The SMILES string of the molecule is CCC(Oc1cccc(CNCc2ccc(Cl)cc2-c2nc3ccccc3o2)c1)C(=O)O. The van der Waals surface area contributed by atoms with Gasteiger partial charge < -0.3 is 19.6 Å². The summed E-state index contributed by atoms with van der Waals surface area (Å²) in [6, 6.07) is 20.7. The number of oxazole rings is 1. The van der Waals surface area contributed by atoms with E-state index in [0.29, 0.717) is 36.2 Å². The molecule has 0 spiro atoms. The van der Waals surface area contributed by atoms with E-state index in [1.54, 1.807) is 13.0 Å². The monoisotopic (exact) mass is 450 g/mol. The Bertz CT molecular complexity index is 1200. The summed E-state index contributed by atoms with van der Waals surface area (Å²) in [6.45, 7) is 2.93. The minimum atomic E-state index is -0.967. The van der Waals surface area contributed by atoms with Crippen LogP contribution in [0.3, 0.4) is 0 Å². The van der Waals surface area contributed by atoms with Gasteiger partial charge in [0.25, 0.3) is 0 Å². The topological polar surface area (TPSA) is 84.6 Å². The molecule has 1 unspecified atom stereocenters. The zero-order chi connectivity index (χ0) is 22.5. The zero-order valence-corrected chi connectivity index (χ0v) is 18.3. The lowest BCUT2D eigenvalue weighted by Crippen LogP contribution is -2.26. The van der Waals surface area contributed by atoms with Crippen molar-refractivity contribution in [2.45, 2.75) is 32.5 Å². The fraction of sp³-hybridized carbons (Fsp3) is 0.200. The maximum Gasteiger partial charge on any atom is 0.344 e. The second-order valence-corrected chi connectivity index (χ2v) is 7.83. The first-order valence-electron chi connectivity index (χ1n) is 10.4. The number of nitrogens with one attached hydrogen (secondary N) is 1. The lowest BCUT2D eigenvalue weighted by molar-refractivity contribution is -0.145. The molecule has 0 fully saturated rings. The summed E-state index contributed by atoms with van der Waals surface area (Å²) in [7, 11) is 0. The van der Waals surface area contributed by atoms with E-state index in [9.17, 15) is 9.90 Å². The van der Waals surface area contributed by atoms with Crippen LogP contribution in [0, 0.1) is 0 Å². The first-order valence-corrected chi connectivity index (χ1v) is 10.7. The Morgan fingerprint density at radius 2 is 1.97 bits per heavy atom. The van der Waals surface area contributed by atoms with Gasteiger partial charge in [-0.3, -0.25) is 0 Å². The van der Waals surface area contributed by atoms with Gasteiger partial charge in [-0.05, 0) is 53.9 Å². The van der Waals surface area contributed by atoms with E-state index in [4.69, 9.17) is 20.8 Å². The summed E-state index contributed by atoms with van der Waals surface area (Å²) in [5.74, 6) is 0.0999. The highest BCUT2D eigenvalue weighted by Crippen LogP contribution is 2.29. The van der Waals surface area contributed by atoms with Crippen LogP contribution in [0.1, 0.15) is 24.5 Å². The average Bonchev–Trinajstić information content (AvgIpc) is 3.22. The van der Waals surface area contributed by atoms with Crippen molar-refractivity contribution in [2.24, 2.45) is 0 Å². The highest BCUT2D eigenvalue weighted by atomic mass is 35.5. The summed E-state index contributed by atoms with van der Waals surface area (Å²) in [6.07, 6.45) is -0.460. The van der Waals surface area contributed by atoms with Gasteiger partial charge in [-0.1, -0.05) is 48.9 Å². The predicted molar refractivity (Wildman–Crippen MR) is 124 cm³/mol. The maximum atomic E-state index is 11.2. The van der Waals surface area contributed by atoms with Gasteiger partial charge in [0.05, 0.1) is 0 Å². The van der Waals surface area contributed by atoms with Crippen molar-refractivity contribution in [1.29, 1.82) is 0 Å². The quantitative estimate of drug-likeness (QED) is 0.341. The van der Waals surface area contributed by atoms with Gasteiger partial charge in [-0.25, -0.2) is 9.78 Å². The molecule has 0 saturated carbocycles. The number of carboxylic acids is 1. The standard InChI is InChI=1S/C25H23ClN2O4/c1-2-22(25(29)30)31-19-7-5-6-16(12-19)14-27-15-17-10-11-18(26)13-20(17)24-28-21-8-3-4-9-23(21)32-24/h3-13,22,27H,2,14-15H2,1H3,(H,29,30). The summed E-state index contributed by atoms with van der Waals surface area (Å²) in [5, 5.41) is 13.2. The highest BCUT2D eigenvalue weighted by molar-refractivity contribution is 6.30. The molecule has 0 aliphatic rings. The number of benzene rings is 3. The number of carbonyl (C=O) groups is 1. The number of para-hydroxylation sites is 2. The summed E-state index contributed by atoms with van der Waals surface area (Å²) < 4.78 is 11.5. The van der Waals surface area contributed by atoms with Gasteiger partial charge in [-0.15, -0.1) is 0 Å². The van der Waals surface area contributed by atoms with Crippen LogP contribution < -0.4 is 10.1 Å². The number of hydrogen-bond acceptors (Lipinski definition) is 5. The largest absolute Gasteiger partial charge is 0.479 e. The van der Waals surface area contributed by atoms with Crippen LogP contribution in [-0.4, -0.2) is 22.2 Å². The van der Waals surface area contributed by atoms with Gasteiger partial charge in [-0.2, -0.15) is 0 Å². The summed E-state index contributed by atoms with van der Waals surface area (Å²) in [4.78, 5) is 15.8. The third kappa shape index (κ3) is 5.10. The van der Waals surface area contributed by atoms with E-state index >= 15 is 0 Å². The van der Waals surface area contributed by atoms with Crippen LogP contribution in [0.5, 0.6) is 5.75 Å². The maximum absolute atomic E-state index is 11.2. The fourth-order valence-corrected chi connectivity index (χ4v) is 3.60. The third-order valence-electron chi connectivity index (χ3n) is 5.06. The molecular formula is C25H23ClN2O4. The van der Waals surface area contributed by atoms with Crippen LogP contribution in [0.4, 0.5) is 0 Å². The molecule has 0 aliphatic carbocycles. The predicted octanol–water partition coefficient (Wildman–Crippen LogP) is 5.68. The van der Waals surface area contributed by atoms with Crippen molar-refractivity contribution in [3.63, 3.8) is 0 Å². The molecular weight excluding hydrogens is 428 g/mol. The first-order chi connectivity index (χ1) is 15.5. The van der Waals surface area contributed by atoms with Crippen molar-refractivity contribution in [1.82, 2.24) is 10.3 Å². The van der Waals surface area contributed by atoms with Crippen LogP contribution in [0.15, 0.2) is 71.1 Å². The lowest BCUT2D eigenvalue weighted by atomic mass is 10.1. The Kier molecular flexibility index (Phi) is 6.73. The molecule has 164 valence electrons. The van der Waals surface area contributed by atoms with Gasteiger partial charge in [0.15, 0.2) is 11.7 Å². The zero-order valence-electron chi connectivity index (χ0n) is 17.5. The highest BCUT2D eigenvalue weighted by Gasteiger charge is 2.17. The molecule has 0 radical (unpaired) electrons. The molecule has 7 heteroatoms. The molecule has 0 amide bonds. The molecule has 6 nitrogen and oxygen atoms in total. The number of hydrogen-bond donors (Lipinski definition) is 2. The lowest BCUT2D eigenvalue weighted by Gasteiger charge is -2.14. The molecule has 3 aromatic carbocycles. The number of ether oxygens (including phenoxy) is 1. The Labute approximate surface area is 190 Å². The smallest absolute Gasteiger partial charge is 0.344 e. The Morgan fingerprint density at radius 1 is 1.12 bits per heavy atom. The number of carboxylic acid groups (broad SMARTS) is 1. The summed E-state index contributed by atoms with van der Waals surface area (Å²) >= 11 is 6.24. The molecule has 4 aromatic rings. The van der Waals surface area contributed by atoms with E-state index in [2.05, 4.69) is 10.3 Å². The molecule has 1 aromatic heterocycles. The molecule has 0 bridgehead atoms. The number of aliphatic carboxylic acids is 1. The van der Waals surface area contributed by atoms with Gasteiger partial charge >= 0.3 is 5.97 Å². The van der Waals surface area contributed by atoms with Crippen LogP contribution in [0.25, 0.3) is 22.6 Å². The second-order valence-electron chi connectivity index (χ2n) is 7.39. The normalized spacial score (nSPS) is 12.1. The van der Waals surface area contributed by atoms with Crippen molar-refractivity contribution in [2.75, 3.05) is 0 Å². The molecule has 1 atom stereocenters. The molecule has 1 heterocycles. The van der Waals surface area contributed by atoms with Gasteiger partial charge in [0.2, 0.25) is 5.89 Å². The minimum absolute atomic E-state index is 0.396. The first kappa shape index (κ1) is 21.9. The van der Waals surface area contributed by atoms with E-state index in [-0.39, 0.29) is 0 Å². The number of aromatic nitrogens is 1. The van der Waals surface area contributed by atoms with Gasteiger partial charge in [0.1, 0.15) is 11.3 Å². The van der Waals surface area contributed by atoms with Gasteiger partial charge in [0, 0.05) is 23.7 Å². The summed E-state index contributed by atoms with van der Waals surface area (Å²) in [5.41, 5.74) is 4.35. The Morgan fingerprint density at radius 3 is 2.75 bits per heavy atom. The fourth-order valence-electron chi connectivity index (χ4n) is 3.43. The van der Waals surface area contributed by atoms with Crippen molar-refractivity contribution in [3.05, 3.63) is 82.9 Å². The van der Waals surface area contributed by atoms with E-state index in [0.717, 1.165) is 27.8 Å². The van der Waals surface area contributed by atoms with E-state index < -0.39 is 12.1 Å². The Balaban J connectivity index is 1.47. The number of rotatable bonds is 9. The molecule has 0 saturated heterocycles. The van der Waals surface area contributed by atoms with Crippen LogP contribution >= 0.6 is 11.6 Å². The molecule has 4 rings (SSSR count). The van der Waals surface area contributed by atoms with Crippen LogP contribution in [-0.2, 0) is 17.9 Å². The van der Waals surface area contributed by atoms with E-state index in [1.807, 2.05) is 60.7 Å². The minimum Gasteiger partial charge on any atom is -0.479 e. The number of fused-ring (bicyclic) bond motifs is 1. The molecule has 2 N–H and O–H groups in total. The van der Waals surface area contributed by atoms with E-state index in [1.165, 1.54) is 0 Å². The molecule has 32 heavy (non-hydrogen) atoms. The number of nitrogens with zero attached hydrogens (tertiary/aromatic N) is 1. The van der Waals surface area contributed by atoms with Crippen molar-refractivity contribution in [3.8, 4) is 17.2 Å².